The van der Waals surface area contributed by atoms with Crippen molar-refractivity contribution in [2.75, 3.05) is 11.4 Å². The molecule has 0 aromatic heterocycles. The highest BCUT2D eigenvalue weighted by molar-refractivity contribution is 7.93. The van der Waals surface area contributed by atoms with Crippen molar-refractivity contribution >= 4 is 21.6 Å². The van der Waals surface area contributed by atoms with Crippen molar-refractivity contribution in [2.24, 2.45) is 0 Å². The van der Waals surface area contributed by atoms with E-state index >= 15 is 0 Å². The highest BCUT2D eigenvalue weighted by Gasteiger charge is 2.32. The third kappa shape index (κ3) is 5.44. The Morgan fingerprint density at radius 3 is 2.06 bits per heavy atom. The Balaban J connectivity index is 1.76. The van der Waals surface area contributed by atoms with Crippen LogP contribution >= 0.6 is 0 Å². The highest BCUT2D eigenvalue weighted by Crippen LogP contribution is 2.29. The maximum Gasteiger partial charge on any atom is 0.272 e. The molecule has 6 heteroatoms. The smallest absolute Gasteiger partial charge is 0.272 e. The van der Waals surface area contributed by atoms with Gasteiger partial charge < -0.3 is 4.74 Å². The molecule has 0 bridgehead atoms. The van der Waals surface area contributed by atoms with Crippen LogP contribution in [0.1, 0.15) is 27.0 Å². The predicted octanol–water partition coefficient (Wildman–Crippen LogP) is 5.82. The molecule has 0 aliphatic heterocycles. The zero-order valence-electron chi connectivity index (χ0n) is 19.7. The van der Waals surface area contributed by atoms with E-state index in [0.29, 0.717) is 17.7 Å². The van der Waals surface area contributed by atoms with Crippen LogP contribution in [0.15, 0.2) is 108 Å². The Morgan fingerprint density at radius 2 is 1.40 bits per heavy atom. The number of ether oxygens (including phenoxy) is 1. The van der Waals surface area contributed by atoms with Crippen LogP contribution in [-0.4, -0.2) is 21.4 Å². The summed E-state index contributed by atoms with van der Waals surface area (Å²) in [5.41, 5.74) is 3.47. The van der Waals surface area contributed by atoms with E-state index < -0.39 is 15.9 Å². The molecule has 4 aromatic rings. The number of sulfonamides is 1. The van der Waals surface area contributed by atoms with Crippen LogP contribution in [0.2, 0.25) is 0 Å². The number of hydrogen-bond acceptors (Lipinski definition) is 4. The molecule has 0 aliphatic carbocycles. The number of nitrogens with zero attached hydrogens (tertiary/aromatic N) is 1. The van der Waals surface area contributed by atoms with Gasteiger partial charge in [-0.1, -0.05) is 66.2 Å². The van der Waals surface area contributed by atoms with Crippen molar-refractivity contribution in [3.8, 4) is 5.75 Å². The Hall–Kier alpha value is -3.90. The van der Waals surface area contributed by atoms with Crippen LogP contribution < -0.4 is 9.04 Å². The number of amides is 1. The first kappa shape index (κ1) is 24.2. The molecule has 178 valence electrons. The normalized spacial score (nSPS) is 11.1. The molecule has 0 unspecified atom stereocenters. The molecule has 35 heavy (non-hydrogen) atoms. The second kappa shape index (κ2) is 10.6. The van der Waals surface area contributed by atoms with Gasteiger partial charge in [0.05, 0.1) is 17.7 Å². The number of methoxy groups -OCH3 is 1. The number of hydrogen-bond donors (Lipinski definition) is 0. The van der Waals surface area contributed by atoms with E-state index in [4.69, 9.17) is 4.74 Å². The minimum absolute atomic E-state index is 0.0500. The minimum atomic E-state index is -4.18. The molecule has 0 aliphatic rings. The first-order chi connectivity index (χ1) is 16.9. The summed E-state index contributed by atoms with van der Waals surface area (Å²) in [6, 6.07) is 30.1. The van der Waals surface area contributed by atoms with Gasteiger partial charge in [0.2, 0.25) is 0 Å². The first-order valence-corrected chi connectivity index (χ1v) is 12.8. The van der Waals surface area contributed by atoms with E-state index in [0.717, 1.165) is 27.4 Å². The summed E-state index contributed by atoms with van der Waals surface area (Å²) in [7, 11) is -2.65. The van der Waals surface area contributed by atoms with Crippen LogP contribution in [0.5, 0.6) is 5.75 Å². The van der Waals surface area contributed by atoms with Crippen LogP contribution in [0.3, 0.4) is 0 Å². The molecule has 5 nitrogen and oxygen atoms in total. The number of anilines is 1. The van der Waals surface area contributed by atoms with Crippen LogP contribution in [-0.2, 0) is 22.9 Å². The van der Waals surface area contributed by atoms with Gasteiger partial charge in [0, 0.05) is 5.56 Å². The van der Waals surface area contributed by atoms with Crippen LogP contribution in [0.25, 0.3) is 0 Å². The summed E-state index contributed by atoms with van der Waals surface area (Å²) in [4.78, 5) is 14.0. The Morgan fingerprint density at radius 1 is 0.771 bits per heavy atom. The van der Waals surface area contributed by atoms with Crippen molar-refractivity contribution in [1.29, 1.82) is 0 Å². The molecular weight excluding hydrogens is 458 g/mol. The molecule has 0 saturated heterocycles. The van der Waals surface area contributed by atoms with Gasteiger partial charge in [-0.15, -0.1) is 0 Å². The maximum atomic E-state index is 13.9. The van der Waals surface area contributed by atoms with Crippen LogP contribution in [0, 0.1) is 6.92 Å². The fourth-order valence-corrected chi connectivity index (χ4v) is 5.29. The number of rotatable bonds is 8. The first-order valence-electron chi connectivity index (χ1n) is 11.3. The third-order valence-electron chi connectivity index (χ3n) is 5.82. The molecule has 0 N–H and O–H groups in total. The zero-order chi connectivity index (χ0) is 24.8. The summed E-state index contributed by atoms with van der Waals surface area (Å²) < 4.78 is 33.7. The predicted molar refractivity (Wildman–Crippen MR) is 138 cm³/mol. The second-order valence-corrected chi connectivity index (χ2v) is 10.0. The monoisotopic (exact) mass is 485 g/mol. The summed E-state index contributed by atoms with van der Waals surface area (Å²) in [5.74, 6) is -0.0310. The van der Waals surface area contributed by atoms with E-state index in [1.165, 1.54) is 19.2 Å². The summed E-state index contributed by atoms with van der Waals surface area (Å²) in [6.45, 7) is 1.88. The molecule has 0 heterocycles. The molecule has 1 amide bonds. The molecule has 0 radical (unpaired) electrons. The lowest BCUT2D eigenvalue weighted by Crippen LogP contribution is -2.37. The Labute approximate surface area is 206 Å². The van der Waals surface area contributed by atoms with E-state index in [9.17, 15) is 13.2 Å². The number of carbonyl (C=O) groups is 1. The van der Waals surface area contributed by atoms with Gasteiger partial charge in [-0.05, 0) is 73.4 Å². The van der Waals surface area contributed by atoms with Crippen LogP contribution in [0.4, 0.5) is 5.69 Å². The third-order valence-corrected chi connectivity index (χ3v) is 7.55. The van der Waals surface area contributed by atoms with E-state index in [-0.39, 0.29) is 10.6 Å². The van der Waals surface area contributed by atoms with Crippen molar-refractivity contribution < 1.29 is 17.9 Å². The van der Waals surface area contributed by atoms with Gasteiger partial charge in [-0.2, -0.15) is 4.31 Å². The molecule has 4 aromatic carbocycles. The quantitative estimate of drug-likeness (QED) is 0.315. The number of benzene rings is 4. The summed E-state index contributed by atoms with van der Waals surface area (Å²) >= 11 is 0. The SMILES string of the molecule is COc1ccc(N(C(=O)c2ccccc2CCc2ccccc2)S(=O)(=O)c2ccc(C)cc2)cc1. The van der Waals surface area contributed by atoms with Crippen molar-refractivity contribution in [3.63, 3.8) is 0 Å². The highest BCUT2D eigenvalue weighted by atomic mass is 32.2. The van der Waals surface area contributed by atoms with E-state index in [1.54, 1.807) is 48.5 Å². The Bertz CT molecular complexity index is 1400. The van der Waals surface area contributed by atoms with E-state index in [1.807, 2.05) is 49.4 Å². The van der Waals surface area contributed by atoms with Gasteiger partial charge in [-0.25, -0.2) is 8.42 Å². The number of aryl methyl sites for hydroxylation is 3. The van der Waals surface area contributed by atoms with Gasteiger partial charge in [0.25, 0.3) is 15.9 Å². The lowest BCUT2D eigenvalue weighted by molar-refractivity contribution is 0.100. The lowest BCUT2D eigenvalue weighted by atomic mass is 9.99. The zero-order valence-corrected chi connectivity index (χ0v) is 20.5. The topological polar surface area (TPSA) is 63.7 Å². The molecule has 0 atom stereocenters. The molecule has 0 saturated carbocycles. The molecule has 4 rings (SSSR count). The molecule has 0 fully saturated rings. The van der Waals surface area contributed by atoms with Crippen molar-refractivity contribution in [3.05, 3.63) is 125 Å². The average molecular weight is 486 g/mol. The van der Waals surface area contributed by atoms with Gasteiger partial charge >= 0.3 is 0 Å². The van der Waals surface area contributed by atoms with Gasteiger partial charge in [0.1, 0.15) is 5.75 Å². The standard InChI is InChI=1S/C29H27NO4S/c1-22-12-20-27(21-13-22)35(32,33)30(25-16-18-26(34-2)19-17-25)29(31)28-11-7-6-10-24(28)15-14-23-8-4-3-5-9-23/h3-13,16-21H,14-15H2,1-2H3. The lowest BCUT2D eigenvalue weighted by Gasteiger charge is -2.24. The molecule has 0 spiro atoms. The number of carbonyl (C=O) groups excluding carboxylic acids is 1. The average Bonchev–Trinajstić information content (AvgIpc) is 2.89. The maximum absolute atomic E-state index is 13.9. The Kier molecular flexibility index (Phi) is 7.32. The van der Waals surface area contributed by atoms with Gasteiger partial charge in [0.15, 0.2) is 0 Å². The van der Waals surface area contributed by atoms with E-state index in [2.05, 4.69) is 0 Å². The summed E-state index contributed by atoms with van der Waals surface area (Å²) in [5, 5.41) is 0. The van der Waals surface area contributed by atoms with Crippen molar-refractivity contribution in [1.82, 2.24) is 0 Å². The summed E-state index contributed by atoms with van der Waals surface area (Å²) in [6.07, 6.45) is 1.34. The minimum Gasteiger partial charge on any atom is -0.497 e. The second-order valence-electron chi connectivity index (χ2n) is 8.23. The van der Waals surface area contributed by atoms with Gasteiger partial charge in [-0.3, -0.25) is 4.79 Å². The largest absolute Gasteiger partial charge is 0.497 e. The fourth-order valence-electron chi connectivity index (χ4n) is 3.88. The fraction of sp³-hybridized carbons (Fsp3) is 0.138. The van der Waals surface area contributed by atoms with Crippen molar-refractivity contribution in [2.45, 2.75) is 24.7 Å². The molecular formula is C29H27NO4S.